The molecule has 9 nitrogen and oxygen atoms in total. The Morgan fingerprint density at radius 2 is 1.45 bits per heavy atom. The van der Waals surface area contributed by atoms with Crippen LogP contribution in [0.2, 0.25) is 0 Å². The molecule has 2 aliphatic rings. The van der Waals surface area contributed by atoms with Crippen molar-refractivity contribution in [2.75, 3.05) is 6.54 Å². The molecule has 1 aliphatic carbocycles. The van der Waals surface area contributed by atoms with Gasteiger partial charge in [-0.1, -0.05) is 40.2 Å². The maximum Gasteiger partial charge on any atom is 0.273 e. The van der Waals surface area contributed by atoms with E-state index >= 15 is 0 Å². The summed E-state index contributed by atoms with van der Waals surface area (Å²) in [5.41, 5.74) is 0.102. The number of Topliss-reactive ketones (excluding diaryl/α,β-unsaturated/α-hetero) is 1. The van der Waals surface area contributed by atoms with Gasteiger partial charge < -0.3 is 0 Å². The Balaban J connectivity index is 1.68. The SMILES string of the molecule is O=C(CN(C(=O)c1ccc([N+](=O)[O-])cc1)N1C(=O)[C@H]2CC=CC[C@@H]2C1=O)c1ccc(Br)cc1. The molecule has 4 rings (SSSR count). The molecule has 10 heteroatoms. The number of non-ortho nitro benzene ring substituents is 1. The van der Waals surface area contributed by atoms with Gasteiger partial charge in [0, 0.05) is 27.7 Å². The van der Waals surface area contributed by atoms with Crippen molar-refractivity contribution in [1.82, 2.24) is 10.0 Å². The summed E-state index contributed by atoms with van der Waals surface area (Å²) in [6, 6.07) is 11.2. The van der Waals surface area contributed by atoms with E-state index in [9.17, 15) is 29.3 Å². The Morgan fingerprint density at radius 3 is 1.97 bits per heavy atom. The Bertz CT molecular complexity index is 1150. The summed E-state index contributed by atoms with van der Waals surface area (Å²) >= 11 is 3.29. The number of rotatable bonds is 6. The van der Waals surface area contributed by atoms with Gasteiger partial charge in [0.15, 0.2) is 5.78 Å². The van der Waals surface area contributed by atoms with E-state index in [1.807, 2.05) is 12.2 Å². The molecule has 1 fully saturated rings. The van der Waals surface area contributed by atoms with Gasteiger partial charge in [-0.3, -0.25) is 29.3 Å². The molecule has 2 atom stereocenters. The van der Waals surface area contributed by atoms with Crippen molar-refractivity contribution >= 4 is 45.1 Å². The lowest BCUT2D eigenvalue weighted by atomic mass is 9.85. The lowest BCUT2D eigenvalue weighted by Crippen LogP contribution is -2.52. The number of nitrogens with zero attached hydrogens (tertiary/aromatic N) is 3. The second-order valence-corrected chi connectivity index (χ2v) is 8.66. The number of ketones is 1. The van der Waals surface area contributed by atoms with Crippen molar-refractivity contribution in [2.45, 2.75) is 12.8 Å². The molecule has 0 N–H and O–H groups in total. The third-order valence-corrected chi connectivity index (χ3v) is 6.27. The Labute approximate surface area is 196 Å². The zero-order chi connectivity index (χ0) is 23.7. The molecule has 0 unspecified atom stereocenters. The van der Waals surface area contributed by atoms with Crippen LogP contribution < -0.4 is 0 Å². The van der Waals surface area contributed by atoms with E-state index in [0.717, 1.165) is 26.6 Å². The summed E-state index contributed by atoms with van der Waals surface area (Å²) in [5, 5.41) is 12.6. The average Bonchev–Trinajstić information content (AvgIpc) is 3.07. The summed E-state index contributed by atoms with van der Waals surface area (Å²) in [6.07, 6.45) is 4.41. The minimum absolute atomic E-state index is 0.0119. The maximum atomic E-state index is 13.4. The third kappa shape index (κ3) is 4.34. The van der Waals surface area contributed by atoms with Crippen molar-refractivity contribution in [3.63, 3.8) is 0 Å². The molecule has 0 saturated carbocycles. The number of fused-ring (bicyclic) bond motifs is 1. The minimum atomic E-state index is -0.774. The molecule has 33 heavy (non-hydrogen) atoms. The van der Waals surface area contributed by atoms with Crippen molar-refractivity contribution in [1.29, 1.82) is 0 Å². The van der Waals surface area contributed by atoms with E-state index in [2.05, 4.69) is 15.9 Å². The Hall–Kier alpha value is -3.66. The van der Waals surface area contributed by atoms with Crippen molar-refractivity contribution in [3.8, 4) is 0 Å². The predicted octanol–water partition coefficient (Wildman–Crippen LogP) is 3.55. The number of carbonyl (C=O) groups is 4. The number of benzene rings is 2. The van der Waals surface area contributed by atoms with E-state index in [1.54, 1.807) is 24.3 Å². The third-order valence-electron chi connectivity index (χ3n) is 5.74. The van der Waals surface area contributed by atoms with Crippen molar-refractivity contribution in [3.05, 3.63) is 86.4 Å². The van der Waals surface area contributed by atoms with Gasteiger partial charge in [-0.2, -0.15) is 5.01 Å². The van der Waals surface area contributed by atoms with Crippen LogP contribution in [0.3, 0.4) is 0 Å². The first-order chi connectivity index (χ1) is 15.8. The van der Waals surface area contributed by atoms with E-state index in [0.29, 0.717) is 18.4 Å². The highest BCUT2D eigenvalue weighted by atomic mass is 79.9. The number of hydrogen-bond acceptors (Lipinski definition) is 6. The molecule has 3 amide bonds. The van der Waals surface area contributed by atoms with Crippen molar-refractivity contribution < 1.29 is 24.1 Å². The number of carbonyl (C=O) groups excluding carboxylic acids is 4. The fourth-order valence-corrected chi connectivity index (χ4v) is 4.26. The van der Waals surface area contributed by atoms with Crippen LogP contribution in [0.4, 0.5) is 5.69 Å². The monoisotopic (exact) mass is 511 g/mol. The molecule has 2 aromatic carbocycles. The number of halogens is 1. The standard InChI is InChI=1S/C23H18BrN3O6/c24-16-9-5-14(6-10-16)20(28)13-25(21(29)15-7-11-17(12-8-15)27(32)33)26-22(30)18-3-1-2-4-19(18)23(26)31/h1-2,5-12,18-19H,3-4,13H2/t18-,19-/m0/s1. The molecular weight excluding hydrogens is 494 g/mol. The molecule has 0 bridgehead atoms. The van der Waals surface area contributed by atoms with Crippen LogP contribution in [0.25, 0.3) is 0 Å². The summed E-state index contributed by atoms with van der Waals surface area (Å²) in [6.45, 7) is -0.540. The summed E-state index contributed by atoms with van der Waals surface area (Å²) in [7, 11) is 0. The van der Waals surface area contributed by atoms with E-state index in [1.165, 1.54) is 12.1 Å². The number of amides is 3. The predicted molar refractivity (Wildman–Crippen MR) is 120 cm³/mol. The number of hydrogen-bond donors (Lipinski definition) is 0. The van der Waals surface area contributed by atoms with Crippen LogP contribution in [0.15, 0.2) is 65.2 Å². The van der Waals surface area contributed by atoms with Gasteiger partial charge in [0.2, 0.25) is 0 Å². The molecule has 2 aromatic rings. The topological polar surface area (TPSA) is 118 Å². The number of nitro benzene ring substituents is 1. The molecule has 1 saturated heterocycles. The molecule has 1 aliphatic heterocycles. The zero-order valence-corrected chi connectivity index (χ0v) is 18.8. The number of hydrazine groups is 1. The van der Waals surface area contributed by atoms with Gasteiger partial charge in [0.25, 0.3) is 23.4 Å². The van der Waals surface area contributed by atoms with Gasteiger partial charge in [0.1, 0.15) is 6.54 Å². The minimum Gasteiger partial charge on any atom is -0.292 e. The van der Waals surface area contributed by atoms with Crippen LogP contribution in [0.1, 0.15) is 33.6 Å². The molecule has 0 spiro atoms. The maximum absolute atomic E-state index is 13.4. The van der Waals surface area contributed by atoms with Gasteiger partial charge in [-0.15, -0.1) is 0 Å². The normalized spacial score (nSPS) is 19.4. The van der Waals surface area contributed by atoms with Crippen molar-refractivity contribution in [2.24, 2.45) is 11.8 Å². The van der Waals surface area contributed by atoms with Gasteiger partial charge in [-0.05, 0) is 37.1 Å². The highest BCUT2D eigenvalue weighted by Crippen LogP contribution is 2.36. The summed E-state index contributed by atoms with van der Waals surface area (Å²) < 4.78 is 0.763. The van der Waals surface area contributed by atoms with Crippen LogP contribution >= 0.6 is 15.9 Å². The van der Waals surface area contributed by atoms with Crippen LogP contribution in [-0.4, -0.2) is 45.0 Å². The van der Waals surface area contributed by atoms with Gasteiger partial charge in [0.05, 0.1) is 16.8 Å². The number of allylic oxidation sites excluding steroid dienone is 2. The fraction of sp³-hybridized carbons (Fsp3) is 0.217. The molecule has 168 valence electrons. The average molecular weight is 512 g/mol. The Kier molecular flexibility index (Phi) is 6.19. The highest BCUT2D eigenvalue weighted by Gasteiger charge is 2.51. The van der Waals surface area contributed by atoms with Gasteiger partial charge >= 0.3 is 0 Å². The van der Waals surface area contributed by atoms with E-state index in [4.69, 9.17) is 0 Å². The second kappa shape index (κ2) is 9.07. The number of imide groups is 1. The molecular formula is C23H18BrN3O6. The van der Waals surface area contributed by atoms with Crippen LogP contribution in [0.5, 0.6) is 0 Å². The van der Waals surface area contributed by atoms with Gasteiger partial charge in [-0.25, -0.2) is 5.01 Å². The fourth-order valence-electron chi connectivity index (χ4n) is 3.99. The van der Waals surface area contributed by atoms with E-state index < -0.39 is 46.8 Å². The molecule has 1 heterocycles. The molecule has 0 aromatic heterocycles. The van der Waals surface area contributed by atoms with Crippen LogP contribution in [-0.2, 0) is 9.59 Å². The summed E-state index contributed by atoms with van der Waals surface area (Å²) in [5.74, 6) is -3.48. The quantitative estimate of drug-likeness (QED) is 0.192. The first kappa shape index (κ1) is 22.5. The molecule has 0 radical (unpaired) electrons. The summed E-state index contributed by atoms with van der Waals surface area (Å²) in [4.78, 5) is 62.9. The highest BCUT2D eigenvalue weighted by molar-refractivity contribution is 9.10. The lowest BCUT2D eigenvalue weighted by molar-refractivity contribution is -0.384. The lowest BCUT2D eigenvalue weighted by Gasteiger charge is -2.30. The zero-order valence-electron chi connectivity index (χ0n) is 17.2. The number of nitro groups is 1. The van der Waals surface area contributed by atoms with Crippen LogP contribution in [0, 0.1) is 22.0 Å². The first-order valence-corrected chi connectivity index (χ1v) is 10.9. The van der Waals surface area contributed by atoms with E-state index in [-0.39, 0.29) is 11.3 Å². The largest absolute Gasteiger partial charge is 0.292 e. The first-order valence-electron chi connectivity index (χ1n) is 10.2. The Morgan fingerprint density at radius 1 is 0.939 bits per heavy atom. The second-order valence-electron chi connectivity index (χ2n) is 7.74. The smallest absolute Gasteiger partial charge is 0.273 e.